The molecule has 2 aliphatic rings. The van der Waals surface area contributed by atoms with Gasteiger partial charge in [0.1, 0.15) is 5.82 Å². The van der Waals surface area contributed by atoms with Gasteiger partial charge >= 0.3 is 5.97 Å². The molecule has 0 radical (unpaired) electrons. The number of rotatable bonds is 3. The molecule has 2 N–H and O–H groups in total. The van der Waals surface area contributed by atoms with Crippen molar-refractivity contribution in [2.24, 2.45) is 4.99 Å². The number of ether oxygens (including phenoxy) is 1. The first kappa shape index (κ1) is 16.5. The number of benzene rings is 1. The first-order chi connectivity index (χ1) is 11.7. The first-order valence-electron chi connectivity index (χ1n) is 8.35. The molecule has 1 saturated heterocycles. The lowest BCUT2D eigenvalue weighted by molar-refractivity contribution is 0.0600. The summed E-state index contributed by atoms with van der Waals surface area (Å²) >= 11 is 0. The smallest absolute Gasteiger partial charge is 0.337 e. The van der Waals surface area contributed by atoms with E-state index in [0.29, 0.717) is 11.7 Å². The Balaban J connectivity index is 1.58. The summed E-state index contributed by atoms with van der Waals surface area (Å²) in [7, 11) is 1.29. The maximum absolute atomic E-state index is 14.3. The van der Waals surface area contributed by atoms with Crippen LogP contribution in [0.15, 0.2) is 23.2 Å². The average molecular weight is 334 g/mol. The SMILES string of the molecule is COC(=O)c1ccc(N2CCC(NC3=NCCCN3)CC2)c(F)c1. The van der Waals surface area contributed by atoms with E-state index >= 15 is 0 Å². The molecular formula is C17H23FN4O2. The zero-order valence-electron chi connectivity index (χ0n) is 13.8. The van der Waals surface area contributed by atoms with Gasteiger partial charge < -0.3 is 20.3 Å². The Bertz CT molecular complexity index is 627. The Morgan fingerprint density at radius 3 is 2.83 bits per heavy atom. The summed E-state index contributed by atoms with van der Waals surface area (Å²) in [6.45, 7) is 3.35. The molecule has 0 spiro atoms. The third-order valence-corrected chi connectivity index (χ3v) is 4.44. The number of guanidine groups is 1. The van der Waals surface area contributed by atoms with Gasteiger partial charge in [0.05, 0.1) is 18.4 Å². The highest BCUT2D eigenvalue weighted by molar-refractivity contribution is 5.89. The fraction of sp³-hybridized carbons (Fsp3) is 0.529. The van der Waals surface area contributed by atoms with E-state index in [9.17, 15) is 9.18 Å². The molecular weight excluding hydrogens is 311 g/mol. The summed E-state index contributed by atoms with van der Waals surface area (Å²) in [5.41, 5.74) is 0.769. The van der Waals surface area contributed by atoms with Crippen LogP contribution in [-0.2, 0) is 4.74 Å². The van der Waals surface area contributed by atoms with Gasteiger partial charge in [-0.1, -0.05) is 0 Å². The third kappa shape index (κ3) is 3.77. The molecule has 7 heteroatoms. The van der Waals surface area contributed by atoms with Crippen LogP contribution in [0, 0.1) is 5.82 Å². The third-order valence-electron chi connectivity index (χ3n) is 4.44. The van der Waals surface area contributed by atoms with Crippen LogP contribution in [0.25, 0.3) is 0 Å². The summed E-state index contributed by atoms with van der Waals surface area (Å²) in [6, 6.07) is 4.85. The molecule has 2 aliphatic heterocycles. The van der Waals surface area contributed by atoms with Gasteiger partial charge in [-0.2, -0.15) is 0 Å². The van der Waals surface area contributed by atoms with E-state index < -0.39 is 5.97 Å². The standard InChI is InChI=1S/C17H23FN4O2/c1-24-16(23)12-3-4-15(14(18)11-12)22-9-5-13(6-10-22)21-17-19-7-2-8-20-17/h3-4,11,13H,2,5-10H2,1H3,(H2,19,20,21). The van der Waals surface area contributed by atoms with E-state index in [2.05, 4.69) is 20.4 Å². The quantitative estimate of drug-likeness (QED) is 0.821. The number of nitrogens with zero attached hydrogens (tertiary/aromatic N) is 2. The fourth-order valence-electron chi connectivity index (χ4n) is 3.10. The first-order valence-corrected chi connectivity index (χ1v) is 8.35. The largest absolute Gasteiger partial charge is 0.465 e. The van der Waals surface area contributed by atoms with Gasteiger partial charge in [-0.25, -0.2) is 9.18 Å². The van der Waals surface area contributed by atoms with Crippen molar-refractivity contribution >= 4 is 17.6 Å². The van der Waals surface area contributed by atoms with E-state index in [4.69, 9.17) is 0 Å². The second kappa shape index (κ2) is 7.51. The van der Waals surface area contributed by atoms with Gasteiger partial charge in [0, 0.05) is 32.2 Å². The van der Waals surface area contributed by atoms with E-state index in [1.54, 1.807) is 12.1 Å². The number of nitrogens with one attached hydrogen (secondary N) is 2. The lowest BCUT2D eigenvalue weighted by Crippen LogP contribution is -2.50. The molecule has 0 aliphatic carbocycles. The number of carbonyl (C=O) groups excluding carboxylic acids is 1. The molecule has 2 heterocycles. The summed E-state index contributed by atoms with van der Waals surface area (Å²) in [5.74, 6) is -0.0277. The molecule has 3 rings (SSSR count). The van der Waals surface area contributed by atoms with Crippen LogP contribution < -0.4 is 15.5 Å². The Kier molecular flexibility index (Phi) is 5.17. The second-order valence-corrected chi connectivity index (χ2v) is 6.07. The predicted molar refractivity (Wildman–Crippen MR) is 91.0 cm³/mol. The van der Waals surface area contributed by atoms with Crippen LogP contribution in [0.1, 0.15) is 29.6 Å². The van der Waals surface area contributed by atoms with Crippen molar-refractivity contribution in [3.05, 3.63) is 29.6 Å². The lowest BCUT2D eigenvalue weighted by Gasteiger charge is -2.35. The molecule has 0 aromatic heterocycles. The van der Waals surface area contributed by atoms with Gasteiger partial charge in [0.15, 0.2) is 5.96 Å². The van der Waals surface area contributed by atoms with E-state index in [-0.39, 0.29) is 11.4 Å². The van der Waals surface area contributed by atoms with Crippen LogP contribution in [0.3, 0.4) is 0 Å². The van der Waals surface area contributed by atoms with Crippen LogP contribution in [0.2, 0.25) is 0 Å². The van der Waals surface area contributed by atoms with Crippen molar-refractivity contribution in [2.75, 3.05) is 38.2 Å². The number of piperidine rings is 1. The minimum Gasteiger partial charge on any atom is -0.465 e. The number of carbonyl (C=O) groups is 1. The Morgan fingerprint density at radius 1 is 1.42 bits per heavy atom. The van der Waals surface area contributed by atoms with E-state index in [0.717, 1.165) is 51.4 Å². The summed E-state index contributed by atoms with van der Waals surface area (Å²) in [5, 5.41) is 6.70. The molecule has 1 aromatic rings. The minimum absolute atomic E-state index is 0.233. The number of aliphatic imine (C=N–C) groups is 1. The van der Waals surface area contributed by atoms with Gasteiger partial charge in [0.2, 0.25) is 0 Å². The molecule has 0 atom stereocenters. The topological polar surface area (TPSA) is 66.0 Å². The fourth-order valence-corrected chi connectivity index (χ4v) is 3.10. The summed E-state index contributed by atoms with van der Waals surface area (Å²) < 4.78 is 18.9. The van der Waals surface area contributed by atoms with Crippen LogP contribution >= 0.6 is 0 Å². The number of hydrogen-bond donors (Lipinski definition) is 2. The molecule has 1 fully saturated rings. The Hall–Kier alpha value is -2.31. The van der Waals surface area contributed by atoms with Crippen molar-refractivity contribution < 1.29 is 13.9 Å². The maximum atomic E-state index is 14.3. The average Bonchev–Trinajstić information content (AvgIpc) is 2.62. The van der Waals surface area contributed by atoms with Crippen molar-refractivity contribution in [3.63, 3.8) is 0 Å². The number of esters is 1. The van der Waals surface area contributed by atoms with Crippen molar-refractivity contribution in [1.29, 1.82) is 0 Å². The number of halogens is 1. The molecule has 24 heavy (non-hydrogen) atoms. The number of methoxy groups -OCH3 is 1. The summed E-state index contributed by atoms with van der Waals surface area (Å²) in [6.07, 6.45) is 2.91. The highest BCUT2D eigenvalue weighted by atomic mass is 19.1. The monoisotopic (exact) mass is 334 g/mol. The minimum atomic E-state index is -0.524. The number of anilines is 1. The van der Waals surface area contributed by atoms with Gasteiger partial charge in [0.25, 0.3) is 0 Å². The molecule has 0 unspecified atom stereocenters. The zero-order chi connectivity index (χ0) is 16.9. The van der Waals surface area contributed by atoms with Crippen LogP contribution in [0.5, 0.6) is 0 Å². The van der Waals surface area contributed by atoms with Gasteiger partial charge in [-0.05, 0) is 37.5 Å². The zero-order valence-corrected chi connectivity index (χ0v) is 13.8. The van der Waals surface area contributed by atoms with Crippen molar-refractivity contribution in [1.82, 2.24) is 10.6 Å². The van der Waals surface area contributed by atoms with Gasteiger partial charge in [-0.3, -0.25) is 4.99 Å². The molecule has 1 aromatic carbocycles. The highest BCUT2D eigenvalue weighted by Crippen LogP contribution is 2.24. The van der Waals surface area contributed by atoms with Crippen LogP contribution in [-0.4, -0.2) is 51.3 Å². The van der Waals surface area contributed by atoms with Gasteiger partial charge in [-0.15, -0.1) is 0 Å². The highest BCUT2D eigenvalue weighted by Gasteiger charge is 2.23. The molecule has 0 amide bonds. The Labute approximate surface area is 141 Å². The second-order valence-electron chi connectivity index (χ2n) is 6.07. The summed E-state index contributed by atoms with van der Waals surface area (Å²) in [4.78, 5) is 17.9. The lowest BCUT2D eigenvalue weighted by atomic mass is 10.0. The molecule has 0 bridgehead atoms. The normalized spacial score (nSPS) is 18.6. The Morgan fingerprint density at radius 2 is 2.21 bits per heavy atom. The van der Waals surface area contributed by atoms with Crippen molar-refractivity contribution in [3.8, 4) is 0 Å². The van der Waals surface area contributed by atoms with Crippen molar-refractivity contribution in [2.45, 2.75) is 25.3 Å². The van der Waals surface area contributed by atoms with E-state index in [1.165, 1.54) is 13.2 Å². The number of hydrogen-bond acceptors (Lipinski definition) is 6. The molecule has 130 valence electrons. The van der Waals surface area contributed by atoms with E-state index in [1.807, 2.05) is 4.90 Å². The predicted octanol–water partition coefficient (Wildman–Crippen LogP) is 1.52. The molecule has 6 nitrogen and oxygen atoms in total. The maximum Gasteiger partial charge on any atom is 0.337 e. The van der Waals surface area contributed by atoms with Crippen LogP contribution in [0.4, 0.5) is 10.1 Å². The molecule has 0 saturated carbocycles.